The lowest BCUT2D eigenvalue weighted by Crippen LogP contribution is -2.40. The molecule has 8 heteroatoms. The van der Waals surface area contributed by atoms with Crippen LogP contribution in [0.2, 0.25) is 0 Å². The van der Waals surface area contributed by atoms with Crippen molar-refractivity contribution in [2.75, 3.05) is 17.9 Å². The number of ether oxygens (including phenoxy) is 2. The Balaban J connectivity index is 1.45. The number of carbonyl (C=O) groups is 1. The lowest BCUT2D eigenvalue weighted by Gasteiger charge is -2.26. The lowest BCUT2D eigenvalue weighted by atomic mass is 10.1. The molecule has 0 saturated heterocycles. The van der Waals surface area contributed by atoms with Gasteiger partial charge in [0.1, 0.15) is 12.7 Å². The minimum atomic E-state index is -3.84. The van der Waals surface area contributed by atoms with Crippen molar-refractivity contribution in [1.29, 1.82) is 0 Å². The summed E-state index contributed by atoms with van der Waals surface area (Å²) in [4.78, 5) is 12.7. The molecule has 1 unspecified atom stereocenters. The van der Waals surface area contributed by atoms with Crippen LogP contribution in [0.25, 0.3) is 0 Å². The van der Waals surface area contributed by atoms with Crippen LogP contribution in [0.3, 0.4) is 0 Å². The Bertz CT molecular complexity index is 1200. The molecule has 31 heavy (non-hydrogen) atoms. The van der Waals surface area contributed by atoms with E-state index in [2.05, 4.69) is 10.0 Å². The Labute approximate surface area is 181 Å². The fourth-order valence-electron chi connectivity index (χ4n) is 3.22. The number of amides is 1. The fraction of sp³-hybridized carbons (Fsp3) is 0.174. The summed E-state index contributed by atoms with van der Waals surface area (Å²) in [5, 5.41) is 2.79. The van der Waals surface area contributed by atoms with E-state index in [9.17, 15) is 13.2 Å². The van der Waals surface area contributed by atoms with Gasteiger partial charge in [-0.15, -0.1) is 0 Å². The van der Waals surface area contributed by atoms with Crippen LogP contribution in [-0.2, 0) is 10.0 Å². The summed E-state index contributed by atoms with van der Waals surface area (Å²) in [6.07, 6.45) is -0.341. The van der Waals surface area contributed by atoms with Gasteiger partial charge in [0, 0.05) is 11.3 Å². The molecule has 0 aliphatic carbocycles. The van der Waals surface area contributed by atoms with Crippen molar-refractivity contribution >= 4 is 21.6 Å². The van der Waals surface area contributed by atoms with Gasteiger partial charge >= 0.3 is 0 Å². The first kappa shape index (κ1) is 20.7. The summed E-state index contributed by atoms with van der Waals surface area (Å²) < 4.78 is 39.7. The van der Waals surface area contributed by atoms with E-state index in [1.54, 1.807) is 55.5 Å². The van der Waals surface area contributed by atoms with Crippen LogP contribution in [-0.4, -0.2) is 33.6 Å². The third-order valence-corrected chi connectivity index (χ3v) is 6.35. The van der Waals surface area contributed by atoms with E-state index in [4.69, 9.17) is 9.47 Å². The van der Waals surface area contributed by atoms with Gasteiger partial charge < -0.3 is 14.8 Å². The van der Waals surface area contributed by atoms with Crippen LogP contribution in [0.15, 0.2) is 77.7 Å². The zero-order valence-corrected chi connectivity index (χ0v) is 17.7. The molecule has 0 radical (unpaired) electrons. The van der Waals surface area contributed by atoms with Crippen LogP contribution in [0, 0.1) is 6.92 Å². The van der Waals surface area contributed by atoms with Crippen LogP contribution in [0.4, 0.5) is 5.69 Å². The Morgan fingerprint density at radius 3 is 2.48 bits per heavy atom. The van der Waals surface area contributed by atoms with E-state index in [1.807, 2.05) is 18.2 Å². The van der Waals surface area contributed by atoms with Gasteiger partial charge in [-0.1, -0.05) is 36.4 Å². The third kappa shape index (κ3) is 4.80. The highest BCUT2D eigenvalue weighted by molar-refractivity contribution is 7.92. The summed E-state index contributed by atoms with van der Waals surface area (Å²) in [6, 6.07) is 20.5. The van der Waals surface area contributed by atoms with Crippen molar-refractivity contribution in [3.05, 3.63) is 83.9 Å². The predicted molar refractivity (Wildman–Crippen MR) is 117 cm³/mol. The van der Waals surface area contributed by atoms with E-state index in [0.717, 1.165) is 0 Å². The maximum absolute atomic E-state index is 12.8. The van der Waals surface area contributed by atoms with Gasteiger partial charge in [-0.3, -0.25) is 9.52 Å². The number of benzene rings is 3. The minimum Gasteiger partial charge on any atom is -0.486 e. The molecule has 0 aromatic heterocycles. The van der Waals surface area contributed by atoms with Gasteiger partial charge in [-0.2, -0.15) is 0 Å². The predicted octanol–water partition coefficient (Wildman–Crippen LogP) is 3.37. The van der Waals surface area contributed by atoms with E-state index in [-0.39, 0.29) is 23.1 Å². The second-order valence-electron chi connectivity index (χ2n) is 7.16. The normalized spacial score (nSPS) is 15.2. The molecule has 7 nitrogen and oxygen atoms in total. The van der Waals surface area contributed by atoms with Gasteiger partial charge in [-0.05, 0) is 48.9 Å². The fourth-order valence-corrected chi connectivity index (χ4v) is 4.55. The molecule has 0 saturated carbocycles. The van der Waals surface area contributed by atoms with E-state index >= 15 is 0 Å². The molecular weight excluding hydrogens is 416 g/mol. The number of nitrogens with one attached hydrogen (secondary N) is 2. The minimum absolute atomic E-state index is 0.0511. The molecule has 3 aromatic carbocycles. The standard InChI is InChI=1S/C23H22N2O5S/c1-16-11-12-17(13-22(16)31(27,28)25-18-7-3-2-4-8-18)23(26)24-14-19-15-29-20-9-5-6-10-21(20)30-19/h2-13,19,25H,14-15H2,1H3,(H,24,26). The summed E-state index contributed by atoms with van der Waals surface area (Å²) in [7, 11) is -3.84. The summed E-state index contributed by atoms with van der Waals surface area (Å²) in [6.45, 7) is 2.23. The highest BCUT2D eigenvalue weighted by Crippen LogP contribution is 2.30. The maximum Gasteiger partial charge on any atom is 0.262 e. The van der Waals surface area contributed by atoms with Gasteiger partial charge in [0.15, 0.2) is 11.5 Å². The molecule has 0 bridgehead atoms. The summed E-state index contributed by atoms with van der Waals surface area (Å²) >= 11 is 0. The van der Waals surface area contributed by atoms with Crippen LogP contribution >= 0.6 is 0 Å². The number of anilines is 1. The second-order valence-corrected chi connectivity index (χ2v) is 8.81. The van der Waals surface area contributed by atoms with Gasteiger partial charge in [0.05, 0.1) is 11.4 Å². The lowest BCUT2D eigenvalue weighted by molar-refractivity contribution is 0.0789. The largest absolute Gasteiger partial charge is 0.486 e. The molecule has 160 valence electrons. The third-order valence-electron chi connectivity index (χ3n) is 4.82. The maximum atomic E-state index is 12.8. The number of para-hydroxylation sites is 3. The average Bonchev–Trinajstić information content (AvgIpc) is 2.78. The monoisotopic (exact) mass is 438 g/mol. The Hall–Kier alpha value is -3.52. The van der Waals surface area contributed by atoms with Crippen molar-refractivity contribution in [2.24, 2.45) is 0 Å². The molecule has 0 spiro atoms. The first-order valence-corrected chi connectivity index (χ1v) is 11.3. The zero-order valence-electron chi connectivity index (χ0n) is 16.9. The molecular formula is C23H22N2O5S. The Morgan fingerprint density at radius 1 is 1.00 bits per heavy atom. The zero-order chi connectivity index (χ0) is 21.8. The molecule has 0 fully saturated rings. The van der Waals surface area contributed by atoms with Crippen molar-refractivity contribution in [2.45, 2.75) is 17.9 Å². The number of sulfonamides is 1. The number of fused-ring (bicyclic) bond motifs is 1. The van der Waals surface area contributed by atoms with Gasteiger partial charge in [-0.25, -0.2) is 8.42 Å². The van der Waals surface area contributed by atoms with Crippen molar-refractivity contribution in [1.82, 2.24) is 5.32 Å². The molecule has 1 atom stereocenters. The SMILES string of the molecule is Cc1ccc(C(=O)NCC2COc3ccccc3O2)cc1S(=O)(=O)Nc1ccccc1. The quantitative estimate of drug-likeness (QED) is 0.616. The van der Waals surface area contributed by atoms with Crippen LogP contribution in [0.5, 0.6) is 11.5 Å². The van der Waals surface area contributed by atoms with Crippen molar-refractivity contribution in [3.8, 4) is 11.5 Å². The number of carbonyl (C=O) groups excluding carboxylic acids is 1. The van der Waals surface area contributed by atoms with Gasteiger partial charge in [0.25, 0.3) is 15.9 Å². The smallest absolute Gasteiger partial charge is 0.262 e. The average molecular weight is 439 g/mol. The van der Waals surface area contributed by atoms with Crippen LogP contribution < -0.4 is 19.5 Å². The topological polar surface area (TPSA) is 93.7 Å². The highest BCUT2D eigenvalue weighted by Gasteiger charge is 2.23. The molecule has 1 amide bonds. The van der Waals surface area contributed by atoms with E-state index < -0.39 is 15.9 Å². The van der Waals surface area contributed by atoms with Gasteiger partial charge in [0.2, 0.25) is 0 Å². The molecule has 2 N–H and O–H groups in total. The summed E-state index contributed by atoms with van der Waals surface area (Å²) in [5.74, 6) is 0.909. The number of rotatable bonds is 6. The number of hydrogen-bond donors (Lipinski definition) is 2. The van der Waals surface area contributed by atoms with Crippen molar-refractivity contribution in [3.63, 3.8) is 0 Å². The molecule has 1 heterocycles. The second kappa shape index (κ2) is 8.69. The summed E-state index contributed by atoms with van der Waals surface area (Å²) in [5.41, 5.74) is 1.24. The van der Waals surface area contributed by atoms with Crippen LogP contribution in [0.1, 0.15) is 15.9 Å². The Kier molecular flexibility index (Phi) is 5.81. The number of hydrogen-bond acceptors (Lipinski definition) is 5. The Morgan fingerprint density at radius 2 is 1.71 bits per heavy atom. The first-order chi connectivity index (χ1) is 14.9. The molecule has 4 rings (SSSR count). The van der Waals surface area contributed by atoms with E-state index in [1.165, 1.54) is 6.07 Å². The molecule has 1 aliphatic rings. The highest BCUT2D eigenvalue weighted by atomic mass is 32.2. The first-order valence-electron chi connectivity index (χ1n) is 9.77. The van der Waals surface area contributed by atoms with E-state index in [0.29, 0.717) is 29.4 Å². The number of aryl methyl sites for hydroxylation is 1. The molecule has 3 aromatic rings. The molecule has 1 aliphatic heterocycles. The van der Waals surface area contributed by atoms with Crippen molar-refractivity contribution < 1.29 is 22.7 Å².